The summed E-state index contributed by atoms with van der Waals surface area (Å²) >= 11 is 6.06. The van der Waals surface area contributed by atoms with Crippen LogP contribution in [0.4, 0.5) is 17.6 Å². The molecule has 1 aliphatic heterocycles. The molecule has 0 bridgehead atoms. The Balaban J connectivity index is 1.76. The van der Waals surface area contributed by atoms with Crippen LogP contribution in [0, 0.1) is 5.82 Å². The highest BCUT2D eigenvalue weighted by molar-refractivity contribution is 6.29. The van der Waals surface area contributed by atoms with E-state index >= 15 is 4.39 Å². The van der Waals surface area contributed by atoms with E-state index < -0.39 is 35.5 Å². The standard InChI is InChI=1S/C33H29ClF4N2O3/c1-31(30-26(35)17-18-28(34)39-30)19-27(33(36,37)38)43-29(40-31)20-32(21-7-5-4-6-8-21,22-9-13-24(41-2)14-10-22)23-11-15-25(42-3)16-12-23/h4-18,27H,19-20H2,1-3H3/t27-,31-/m0/s1. The van der Waals surface area contributed by atoms with Gasteiger partial charge in [-0.1, -0.05) is 66.2 Å². The summed E-state index contributed by atoms with van der Waals surface area (Å²) in [6.45, 7) is 1.42. The number of benzene rings is 3. The summed E-state index contributed by atoms with van der Waals surface area (Å²) in [5.74, 6) is 0.211. The highest BCUT2D eigenvalue weighted by Gasteiger charge is 2.52. The maximum atomic E-state index is 15.1. The Morgan fingerprint density at radius 2 is 1.37 bits per heavy atom. The lowest BCUT2D eigenvalue weighted by molar-refractivity contribution is -0.208. The van der Waals surface area contributed by atoms with Gasteiger partial charge in [-0.15, -0.1) is 0 Å². The van der Waals surface area contributed by atoms with Gasteiger partial charge in [-0.2, -0.15) is 13.2 Å². The Morgan fingerprint density at radius 1 is 0.837 bits per heavy atom. The number of aliphatic imine (C=N–C) groups is 1. The number of ether oxygens (including phenoxy) is 3. The van der Waals surface area contributed by atoms with Crippen molar-refractivity contribution in [3.05, 3.63) is 124 Å². The zero-order chi connectivity index (χ0) is 30.8. The third kappa shape index (κ3) is 6.04. The van der Waals surface area contributed by atoms with Crippen LogP contribution in [0.25, 0.3) is 0 Å². The van der Waals surface area contributed by atoms with Crippen molar-refractivity contribution in [2.24, 2.45) is 4.99 Å². The monoisotopic (exact) mass is 612 g/mol. The van der Waals surface area contributed by atoms with Gasteiger partial charge in [0.25, 0.3) is 0 Å². The second-order valence-corrected chi connectivity index (χ2v) is 10.9. The van der Waals surface area contributed by atoms with Gasteiger partial charge in [0.1, 0.15) is 33.7 Å². The lowest BCUT2D eigenvalue weighted by atomic mass is 9.67. The number of alkyl halides is 3. The Bertz CT molecular complexity index is 1550. The SMILES string of the molecule is COc1ccc(C(CC2=N[C@](C)(c3nc(Cl)ccc3F)C[C@@H](C(F)(F)F)O2)(c2ccccc2)c2ccc(OC)cc2)cc1. The van der Waals surface area contributed by atoms with Gasteiger partial charge in [-0.25, -0.2) is 14.4 Å². The first-order chi connectivity index (χ1) is 20.5. The fourth-order valence-corrected chi connectivity index (χ4v) is 5.78. The van der Waals surface area contributed by atoms with Crippen molar-refractivity contribution < 1.29 is 31.8 Å². The van der Waals surface area contributed by atoms with Crippen molar-refractivity contribution in [1.29, 1.82) is 0 Å². The number of halogens is 5. The van der Waals surface area contributed by atoms with Crippen molar-refractivity contribution in [3.63, 3.8) is 0 Å². The van der Waals surface area contributed by atoms with E-state index in [0.717, 1.165) is 22.8 Å². The van der Waals surface area contributed by atoms with E-state index in [0.29, 0.717) is 11.5 Å². The molecule has 3 aromatic carbocycles. The first-order valence-electron chi connectivity index (χ1n) is 13.5. The lowest BCUT2D eigenvalue weighted by Crippen LogP contribution is -2.46. The summed E-state index contributed by atoms with van der Waals surface area (Å²) in [6, 6.07) is 26.3. The van der Waals surface area contributed by atoms with Crippen molar-refractivity contribution in [2.45, 2.75) is 43.0 Å². The average molecular weight is 613 g/mol. The first-order valence-corrected chi connectivity index (χ1v) is 13.9. The van der Waals surface area contributed by atoms with Gasteiger partial charge in [-0.3, -0.25) is 0 Å². The molecule has 5 rings (SSSR count). The molecule has 4 aromatic rings. The van der Waals surface area contributed by atoms with Crippen LogP contribution in [0.15, 0.2) is 96.0 Å². The topological polar surface area (TPSA) is 52.9 Å². The van der Waals surface area contributed by atoms with Crippen molar-refractivity contribution in [3.8, 4) is 11.5 Å². The van der Waals surface area contributed by atoms with Crippen LogP contribution in [0.2, 0.25) is 5.15 Å². The van der Waals surface area contributed by atoms with Crippen LogP contribution in [0.5, 0.6) is 11.5 Å². The Hall–Kier alpha value is -4.11. The summed E-state index contributed by atoms with van der Waals surface area (Å²) in [5, 5.41) is -0.0560. The first kappa shape index (κ1) is 30.4. The van der Waals surface area contributed by atoms with Crippen LogP contribution < -0.4 is 9.47 Å². The molecular weight excluding hydrogens is 584 g/mol. The van der Waals surface area contributed by atoms with E-state index in [1.165, 1.54) is 13.0 Å². The largest absolute Gasteiger partial charge is 0.497 e. The van der Waals surface area contributed by atoms with Crippen molar-refractivity contribution in [2.75, 3.05) is 14.2 Å². The zero-order valence-electron chi connectivity index (χ0n) is 23.7. The minimum atomic E-state index is -4.76. The van der Waals surface area contributed by atoms with E-state index in [-0.39, 0.29) is 23.2 Å². The van der Waals surface area contributed by atoms with E-state index in [4.69, 9.17) is 25.8 Å². The zero-order valence-corrected chi connectivity index (χ0v) is 24.4. The third-order valence-electron chi connectivity index (χ3n) is 7.77. The molecule has 10 heteroatoms. The second kappa shape index (κ2) is 11.9. The molecule has 5 nitrogen and oxygen atoms in total. The van der Waals surface area contributed by atoms with Crippen LogP contribution in [0.3, 0.4) is 0 Å². The number of methoxy groups -OCH3 is 2. The summed E-state index contributed by atoms with van der Waals surface area (Å²) in [4.78, 5) is 8.72. The Kier molecular flexibility index (Phi) is 8.38. The molecule has 0 saturated heterocycles. The second-order valence-electron chi connectivity index (χ2n) is 10.5. The predicted molar refractivity (Wildman–Crippen MR) is 156 cm³/mol. The normalized spacial score (nSPS) is 18.9. The van der Waals surface area contributed by atoms with Gasteiger partial charge < -0.3 is 14.2 Å². The maximum Gasteiger partial charge on any atom is 0.425 e. The highest BCUT2D eigenvalue weighted by atomic mass is 35.5. The smallest absolute Gasteiger partial charge is 0.425 e. The number of rotatable bonds is 8. The predicted octanol–water partition coefficient (Wildman–Crippen LogP) is 8.28. The van der Waals surface area contributed by atoms with E-state index in [1.807, 2.05) is 54.6 Å². The number of hydrogen-bond donors (Lipinski definition) is 0. The minimum Gasteiger partial charge on any atom is -0.497 e. The molecule has 0 unspecified atom stereocenters. The van der Waals surface area contributed by atoms with Gasteiger partial charge in [-0.05, 0) is 60.0 Å². The molecule has 0 radical (unpaired) electrons. The van der Waals surface area contributed by atoms with Gasteiger partial charge in [0.2, 0.25) is 0 Å². The number of hydrogen-bond acceptors (Lipinski definition) is 5. The molecule has 1 aromatic heterocycles. The number of nitrogens with zero attached hydrogens (tertiary/aromatic N) is 2. The van der Waals surface area contributed by atoms with Crippen molar-refractivity contribution in [1.82, 2.24) is 4.98 Å². The van der Waals surface area contributed by atoms with Crippen LogP contribution in [-0.2, 0) is 15.7 Å². The molecule has 0 fully saturated rings. The summed E-state index contributed by atoms with van der Waals surface area (Å²) < 4.78 is 74.6. The lowest BCUT2D eigenvalue weighted by Gasteiger charge is -2.41. The van der Waals surface area contributed by atoms with Crippen LogP contribution in [0.1, 0.15) is 42.1 Å². The molecule has 43 heavy (non-hydrogen) atoms. The summed E-state index contributed by atoms with van der Waals surface area (Å²) in [6.07, 6.45) is -7.81. The molecule has 224 valence electrons. The summed E-state index contributed by atoms with van der Waals surface area (Å²) in [5.41, 5.74) is -0.815. The van der Waals surface area contributed by atoms with Crippen molar-refractivity contribution >= 4 is 17.5 Å². The van der Waals surface area contributed by atoms with Gasteiger partial charge in [0.05, 0.1) is 19.6 Å². The van der Waals surface area contributed by atoms with E-state index in [2.05, 4.69) is 9.98 Å². The number of pyridine rings is 1. The third-order valence-corrected chi connectivity index (χ3v) is 7.98. The quantitative estimate of drug-likeness (QED) is 0.114. The molecular formula is C33H29ClF4N2O3. The fourth-order valence-electron chi connectivity index (χ4n) is 5.63. The molecule has 0 aliphatic carbocycles. The molecule has 1 aliphatic rings. The molecule has 0 N–H and O–H groups in total. The Labute approximate surface area is 252 Å². The van der Waals surface area contributed by atoms with Gasteiger partial charge >= 0.3 is 6.18 Å². The average Bonchev–Trinajstić information content (AvgIpc) is 3.01. The van der Waals surface area contributed by atoms with E-state index in [1.54, 1.807) is 38.5 Å². The molecule has 2 atom stereocenters. The van der Waals surface area contributed by atoms with Crippen LogP contribution in [-0.4, -0.2) is 37.4 Å². The molecule has 0 spiro atoms. The molecule has 0 saturated carbocycles. The van der Waals surface area contributed by atoms with Gasteiger partial charge in [0.15, 0.2) is 12.0 Å². The van der Waals surface area contributed by atoms with Gasteiger partial charge in [0, 0.05) is 12.8 Å². The fraction of sp³-hybridized carbons (Fsp3) is 0.273. The molecule has 0 amide bonds. The van der Waals surface area contributed by atoms with Crippen LogP contribution >= 0.6 is 11.6 Å². The summed E-state index contributed by atoms with van der Waals surface area (Å²) in [7, 11) is 3.10. The van der Waals surface area contributed by atoms with E-state index in [9.17, 15) is 13.2 Å². The Morgan fingerprint density at radius 3 is 1.88 bits per heavy atom. The highest BCUT2D eigenvalue weighted by Crippen LogP contribution is 2.47. The maximum absolute atomic E-state index is 15.1. The minimum absolute atomic E-state index is 0.0560. The molecule has 2 heterocycles. The number of aromatic nitrogens is 1.